The molecule has 25 heavy (non-hydrogen) atoms. The number of piperazine rings is 1. The van der Waals surface area contributed by atoms with E-state index >= 15 is 0 Å². The van der Waals surface area contributed by atoms with Crippen molar-refractivity contribution in [1.82, 2.24) is 19.7 Å². The van der Waals surface area contributed by atoms with Gasteiger partial charge in [-0.2, -0.15) is 0 Å². The van der Waals surface area contributed by atoms with E-state index in [1.54, 1.807) is 24.1 Å². The number of likely N-dealkylation sites (tertiary alicyclic amines) is 1. The average molecular weight is 411 g/mol. The monoisotopic (exact) mass is 410 g/mol. The van der Waals surface area contributed by atoms with Gasteiger partial charge in [0.15, 0.2) is 0 Å². The molecule has 134 valence electrons. The molecule has 1 aromatic rings. The molecule has 2 aliphatic rings. The second kappa shape index (κ2) is 7.38. The van der Waals surface area contributed by atoms with Crippen LogP contribution < -0.4 is 4.74 Å². The van der Waals surface area contributed by atoms with Crippen molar-refractivity contribution < 1.29 is 19.1 Å². The fourth-order valence-corrected chi connectivity index (χ4v) is 3.16. The van der Waals surface area contributed by atoms with E-state index in [2.05, 4.69) is 20.9 Å². The lowest BCUT2D eigenvalue weighted by Gasteiger charge is -2.33. The van der Waals surface area contributed by atoms with Gasteiger partial charge in [0, 0.05) is 49.3 Å². The van der Waals surface area contributed by atoms with Gasteiger partial charge in [-0.3, -0.25) is 14.5 Å². The van der Waals surface area contributed by atoms with Crippen molar-refractivity contribution in [1.29, 1.82) is 0 Å². The standard InChI is InChI=1S/C16H19BrN4O4/c1-2-19-7-8-21(15(23)14(19)22)16(24)20-6-5-12(10-20)25-13-4-3-11(17)9-18-13/h3-4,9,12H,2,5-8,10H2,1H3. The van der Waals surface area contributed by atoms with E-state index in [1.165, 1.54) is 4.90 Å². The minimum Gasteiger partial charge on any atom is -0.472 e. The first-order valence-corrected chi connectivity index (χ1v) is 8.96. The van der Waals surface area contributed by atoms with Crippen molar-refractivity contribution in [3.05, 3.63) is 22.8 Å². The Labute approximate surface area is 153 Å². The Morgan fingerprint density at radius 3 is 2.76 bits per heavy atom. The van der Waals surface area contributed by atoms with Gasteiger partial charge in [0.2, 0.25) is 5.88 Å². The van der Waals surface area contributed by atoms with E-state index in [-0.39, 0.29) is 12.6 Å². The molecule has 0 bridgehead atoms. The van der Waals surface area contributed by atoms with E-state index in [9.17, 15) is 14.4 Å². The number of likely N-dealkylation sites (N-methyl/N-ethyl adjacent to an activating group) is 1. The number of ether oxygens (including phenoxy) is 1. The second-order valence-corrected chi connectivity index (χ2v) is 6.83. The summed E-state index contributed by atoms with van der Waals surface area (Å²) in [4.78, 5) is 44.8. The van der Waals surface area contributed by atoms with Gasteiger partial charge in [-0.25, -0.2) is 9.78 Å². The van der Waals surface area contributed by atoms with Crippen LogP contribution in [-0.4, -0.2) is 76.4 Å². The van der Waals surface area contributed by atoms with Crippen LogP contribution in [0.3, 0.4) is 0 Å². The van der Waals surface area contributed by atoms with Gasteiger partial charge in [0.25, 0.3) is 0 Å². The summed E-state index contributed by atoms with van der Waals surface area (Å²) in [7, 11) is 0. The first kappa shape index (κ1) is 17.7. The predicted octanol–water partition coefficient (Wildman–Crippen LogP) is 1.11. The number of hydrogen-bond acceptors (Lipinski definition) is 5. The fraction of sp³-hybridized carbons (Fsp3) is 0.500. The van der Waals surface area contributed by atoms with Gasteiger partial charge in [-0.05, 0) is 28.9 Å². The Morgan fingerprint density at radius 2 is 2.08 bits per heavy atom. The minimum absolute atomic E-state index is 0.180. The largest absolute Gasteiger partial charge is 0.472 e. The topological polar surface area (TPSA) is 83.0 Å². The van der Waals surface area contributed by atoms with Gasteiger partial charge < -0.3 is 14.5 Å². The number of halogens is 1. The SMILES string of the molecule is CCN1CCN(C(=O)N2CCC(Oc3ccc(Br)cn3)C2)C(=O)C1=O. The summed E-state index contributed by atoms with van der Waals surface area (Å²) in [6.07, 6.45) is 2.12. The summed E-state index contributed by atoms with van der Waals surface area (Å²) >= 11 is 3.31. The van der Waals surface area contributed by atoms with Crippen LogP contribution in [0, 0.1) is 0 Å². The summed E-state index contributed by atoms with van der Waals surface area (Å²) in [6.45, 7) is 3.73. The van der Waals surface area contributed by atoms with Crippen molar-refractivity contribution in [2.45, 2.75) is 19.4 Å². The normalized spacial score (nSPS) is 21.0. The molecule has 2 aliphatic heterocycles. The maximum absolute atomic E-state index is 12.6. The van der Waals surface area contributed by atoms with Crippen LogP contribution in [0.2, 0.25) is 0 Å². The molecule has 0 aromatic carbocycles. The summed E-state index contributed by atoms with van der Waals surface area (Å²) in [5.41, 5.74) is 0. The zero-order valence-electron chi connectivity index (χ0n) is 13.9. The van der Waals surface area contributed by atoms with Gasteiger partial charge in [-0.15, -0.1) is 0 Å². The Hall–Kier alpha value is -2.16. The number of urea groups is 1. The van der Waals surface area contributed by atoms with Crippen LogP contribution in [0.5, 0.6) is 5.88 Å². The Bertz CT molecular complexity index is 681. The Morgan fingerprint density at radius 1 is 1.28 bits per heavy atom. The van der Waals surface area contributed by atoms with Gasteiger partial charge in [-0.1, -0.05) is 0 Å². The highest BCUT2D eigenvalue weighted by molar-refractivity contribution is 9.10. The lowest BCUT2D eigenvalue weighted by Crippen LogP contribution is -2.58. The fourth-order valence-electron chi connectivity index (χ4n) is 2.93. The molecule has 4 amide bonds. The van der Waals surface area contributed by atoms with Gasteiger partial charge >= 0.3 is 17.8 Å². The molecule has 0 saturated carbocycles. The molecule has 0 N–H and O–H groups in total. The number of hydrogen-bond donors (Lipinski definition) is 0. The Balaban J connectivity index is 1.58. The summed E-state index contributed by atoms with van der Waals surface area (Å²) in [5, 5.41) is 0. The van der Waals surface area contributed by atoms with Gasteiger partial charge in [0.05, 0.1) is 6.54 Å². The van der Waals surface area contributed by atoms with Crippen LogP contribution in [-0.2, 0) is 9.59 Å². The minimum atomic E-state index is -0.753. The highest BCUT2D eigenvalue weighted by Gasteiger charge is 2.39. The third kappa shape index (κ3) is 3.76. The molecule has 3 rings (SSSR count). The van der Waals surface area contributed by atoms with Gasteiger partial charge in [0.1, 0.15) is 6.10 Å². The molecule has 1 aromatic heterocycles. The van der Waals surface area contributed by atoms with Crippen LogP contribution in [0.25, 0.3) is 0 Å². The number of nitrogens with zero attached hydrogens (tertiary/aromatic N) is 4. The number of pyridine rings is 1. The molecule has 3 heterocycles. The van der Waals surface area contributed by atoms with Crippen molar-refractivity contribution in [2.75, 3.05) is 32.7 Å². The van der Waals surface area contributed by atoms with E-state index in [1.807, 2.05) is 6.07 Å². The lowest BCUT2D eigenvalue weighted by molar-refractivity contribution is -0.153. The first-order chi connectivity index (χ1) is 12.0. The molecular formula is C16H19BrN4O4. The summed E-state index contributed by atoms with van der Waals surface area (Å²) < 4.78 is 6.63. The zero-order valence-corrected chi connectivity index (χ0v) is 15.4. The highest BCUT2D eigenvalue weighted by Crippen LogP contribution is 2.20. The average Bonchev–Trinajstić information content (AvgIpc) is 3.07. The smallest absolute Gasteiger partial charge is 0.327 e. The maximum atomic E-state index is 12.6. The molecule has 1 unspecified atom stereocenters. The van der Waals surface area contributed by atoms with Crippen molar-refractivity contribution in [2.24, 2.45) is 0 Å². The van der Waals surface area contributed by atoms with E-state index in [4.69, 9.17) is 4.74 Å². The number of carbonyl (C=O) groups is 3. The third-order valence-electron chi connectivity index (χ3n) is 4.32. The van der Waals surface area contributed by atoms with Crippen molar-refractivity contribution in [3.63, 3.8) is 0 Å². The number of carbonyl (C=O) groups excluding carboxylic acids is 3. The molecule has 0 spiro atoms. The molecule has 9 heteroatoms. The quantitative estimate of drug-likeness (QED) is 0.696. The van der Waals surface area contributed by atoms with Crippen molar-refractivity contribution >= 4 is 33.8 Å². The van der Waals surface area contributed by atoms with Crippen LogP contribution in [0.4, 0.5) is 4.79 Å². The molecule has 2 fully saturated rings. The molecule has 1 atom stereocenters. The molecular weight excluding hydrogens is 392 g/mol. The predicted molar refractivity (Wildman–Crippen MR) is 91.9 cm³/mol. The van der Waals surface area contributed by atoms with Crippen molar-refractivity contribution in [3.8, 4) is 5.88 Å². The van der Waals surface area contributed by atoms with Crippen LogP contribution in [0.1, 0.15) is 13.3 Å². The third-order valence-corrected chi connectivity index (χ3v) is 4.79. The zero-order chi connectivity index (χ0) is 18.0. The molecule has 0 aliphatic carbocycles. The Kier molecular flexibility index (Phi) is 5.22. The first-order valence-electron chi connectivity index (χ1n) is 8.17. The van der Waals surface area contributed by atoms with E-state index in [0.29, 0.717) is 38.5 Å². The second-order valence-electron chi connectivity index (χ2n) is 5.91. The summed E-state index contributed by atoms with van der Waals surface area (Å²) in [5.74, 6) is -0.879. The number of rotatable bonds is 3. The summed E-state index contributed by atoms with van der Waals surface area (Å²) in [6, 6.07) is 3.15. The maximum Gasteiger partial charge on any atom is 0.327 e. The number of imide groups is 1. The molecule has 8 nitrogen and oxygen atoms in total. The lowest BCUT2D eigenvalue weighted by atomic mass is 10.3. The molecule has 2 saturated heterocycles. The van der Waals surface area contributed by atoms with Crippen LogP contribution >= 0.6 is 15.9 Å². The van der Waals surface area contributed by atoms with E-state index in [0.717, 1.165) is 9.37 Å². The van der Waals surface area contributed by atoms with E-state index < -0.39 is 17.8 Å². The number of aromatic nitrogens is 1. The van der Waals surface area contributed by atoms with Crippen LogP contribution in [0.15, 0.2) is 22.8 Å². The highest BCUT2D eigenvalue weighted by atomic mass is 79.9. The molecule has 0 radical (unpaired) electrons. The number of amides is 4.